The van der Waals surface area contributed by atoms with E-state index in [1.54, 1.807) is 26.5 Å². The van der Waals surface area contributed by atoms with Crippen LogP contribution in [0.3, 0.4) is 0 Å². The van der Waals surface area contributed by atoms with E-state index in [1.165, 1.54) is 6.20 Å². The van der Waals surface area contributed by atoms with E-state index in [4.69, 9.17) is 15.2 Å². The van der Waals surface area contributed by atoms with Gasteiger partial charge in [-0.1, -0.05) is 11.8 Å². The Labute approximate surface area is 118 Å². The first-order valence-corrected chi connectivity index (χ1v) is 6.15. The molecule has 1 amide bonds. The van der Waals surface area contributed by atoms with Crippen LogP contribution in [-0.2, 0) is 9.47 Å². The van der Waals surface area contributed by atoms with E-state index in [0.717, 1.165) is 0 Å². The highest BCUT2D eigenvalue weighted by Gasteiger charge is 2.11. The fraction of sp³-hybridized carbons (Fsp3) is 0.429. The van der Waals surface area contributed by atoms with E-state index < -0.39 is 0 Å². The van der Waals surface area contributed by atoms with Crippen LogP contribution >= 0.6 is 0 Å². The molecule has 6 heteroatoms. The van der Waals surface area contributed by atoms with E-state index >= 15 is 0 Å². The summed E-state index contributed by atoms with van der Waals surface area (Å²) in [6, 6.07) is 1.67. The Bertz CT molecular complexity index is 494. The quantitative estimate of drug-likeness (QED) is 0.702. The predicted molar refractivity (Wildman–Crippen MR) is 75.2 cm³/mol. The number of rotatable bonds is 6. The van der Waals surface area contributed by atoms with Gasteiger partial charge in [-0.2, -0.15) is 0 Å². The second-order valence-corrected chi connectivity index (χ2v) is 3.99. The molecular weight excluding hydrogens is 258 g/mol. The third kappa shape index (κ3) is 5.36. The molecule has 0 fully saturated rings. The average Bonchev–Trinajstić information content (AvgIpc) is 2.49. The Morgan fingerprint density at radius 2 is 2.30 bits per heavy atom. The number of amides is 1. The van der Waals surface area contributed by atoms with Crippen LogP contribution in [0.15, 0.2) is 18.5 Å². The van der Waals surface area contributed by atoms with Gasteiger partial charge in [-0.15, -0.1) is 0 Å². The Morgan fingerprint density at radius 3 is 2.95 bits per heavy atom. The Morgan fingerprint density at radius 1 is 1.50 bits per heavy atom. The molecule has 0 aliphatic rings. The lowest BCUT2D eigenvalue weighted by atomic mass is 10.2. The number of hydrogen-bond donors (Lipinski definition) is 2. The van der Waals surface area contributed by atoms with Gasteiger partial charge in [0.2, 0.25) is 0 Å². The molecule has 0 bridgehead atoms. The van der Waals surface area contributed by atoms with Gasteiger partial charge in [-0.3, -0.25) is 9.78 Å². The molecular formula is C14H19N3O3. The van der Waals surface area contributed by atoms with Gasteiger partial charge in [-0.05, 0) is 6.07 Å². The molecule has 0 aliphatic heterocycles. The SMILES string of the molecule is COCC(CNC(=O)c1cncc(C#CCN)c1)OC. The molecule has 1 atom stereocenters. The van der Waals surface area contributed by atoms with Gasteiger partial charge in [0, 0.05) is 38.7 Å². The molecule has 0 aromatic carbocycles. The number of pyridine rings is 1. The highest BCUT2D eigenvalue weighted by atomic mass is 16.5. The van der Waals surface area contributed by atoms with Gasteiger partial charge >= 0.3 is 0 Å². The summed E-state index contributed by atoms with van der Waals surface area (Å²) < 4.78 is 10.1. The van der Waals surface area contributed by atoms with E-state index in [2.05, 4.69) is 22.1 Å². The van der Waals surface area contributed by atoms with E-state index in [0.29, 0.717) is 24.3 Å². The van der Waals surface area contributed by atoms with Gasteiger partial charge in [0.15, 0.2) is 0 Å². The van der Waals surface area contributed by atoms with Crippen molar-refractivity contribution in [3.8, 4) is 11.8 Å². The van der Waals surface area contributed by atoms with Crippen LogP contribution in [0, 0.1) is 11.8 Å². The maximum Gasteiger partial charge on any atom is 0.252 e. The second kappa shape index (κ2) is 9.04. The zero-order valence-corrected chi connectivity index (χ0v) is 11.7. The zero-order chi connectivity index (χ0) is 14.8. The van der Waals surface area contributed by atoms with Crippen molar-refractivity contribution >= 4 is 5.91 Å². The lowest BCUT2D eigenvalue weighted by molar-refractivity contribution is 0.0285. The molecule has 1 aromatic rings. The number of ether oxygens (including phenoxy) is 2. The van der Waals surface area contributed by atoms with Crippen molar-refractivity contribution in [1.29, 1.82) is 0 Å². The van der Waals surface area contributed by atoms with Crippen molar-refractivity contribution in [1.82, 2.24) is 10.3 Å². The molecule has 0 aliphatic carbocycles. The van der Waals surface area contributed by atoms with Crippen molar-refractivity contribution in [2.45, 2.75) is 6.10 Å². The zero-order valence-electron chi connectivity index (χ0n) is 11.7. The molecule has 1 aromatic heterocycles. The molecule has 20 heavy (non-hydrogen) atoms. The van der Waals surface area contributed by atoms with Crippen molar-refractivity contribution in [3.05, 3.63) is 29.6 Å². The number of aromatic nitrogens is 1. The monoisotopic (exact) mass is 277 g/mol. The maximum absolute atomic E-state index is 12.0. The minimum atomic E-state index is -0.230. The number of carbonyl (C=O) groups is 1. The molecule has 6 nitrogen and oxygen atoms in total. The van der Waals surface area contributed by atoms with E-state index in [-0.39, 0.29) is 18.6 Å². The summed E-state index contributed by atoms with van der Waals surface area (Å²) in [7, 11) is 3.15. The first kappa shape index (κ1) is 16.1. The number of methoxy groups -OCH3 is 2. The van der Waals surface area contributed by atoms with Crippen LogP contribution in [-0.4, -0.2) is 50.9 Å². The largest absolute Gasteiger partial charge is 0.382 e. The van der Waals surface area contributed by atoms with Crippen LogP contribution in [0.5, 0.6) is 0 Å². The summed E-state index contributed by atoms with van der Waals surface area (Å²) >= 11 is 0. The summed E-state index contributed by atoms with van der Waals surface area (Å²) in [4.78, 5) is 16.0. The lowest BCUT2D eigenvalue weighted by Crippen LogP contribution is -2.35. The van der Waals surface area contributed by atoms with Crippen molar-refractivity contribution in [2.75, 3.05) is 33.9 Å². The summed E-state index contributed by atoms with van der Waals surface area (Å²) in [6.07, 6.45) is 2.89. The molecule has 0 saturated heterocycles. The Kier molecular flexibility index (Phi) is 7.29. The summed E-state index contributed by atoms with van der Waals surface area (Å²) in [6.45, 7) is 1.04. The number of carbonyl (C=O) groups excluding carboxylic acids is 1. The second-order valence-electron chi connectivity index (χ2n) is 3.99. The van der Waals surface area contributed by atoms with Crippen molar-refractivity contribution in [2.24, 2.45) is 5.73 Å². The van der Waals surface area contributed by atoms with Gasteiger partial charge in [0.1, 0.15) is 0 Å². The van der Waals surface area contributed by atoms with Crippen molar-refractivity contribution in [3.63, 3.8) is 0 Å². The highest BCUT2D eigenvalue weighted by Crippen LogP contribution is 2.01. The van der Waals surface area contributed by atoms with Gasteiger partial charge < -0.3 is 20.5 Å². The molecule has 1 rings (SSSR count). The van der Waals surface area contributed by atoms with Gasteiger partial charge in [-0.25, -0.2) is 0 Å². The molecule has 0 saturated carbocycles. The summed E-state index contributed by atoms with van der Waals surface area (Å²) in [5.41, 5.74) is 6.40. The number of nitrogens with one attached hydrogen (secondary N) is 1. The molecule has 108 valence electrons. The van der Waals surface area contributed by atoms with Crippen LogP contribution < -0.4 is 11.1 Å². The molecule has 3 N–H and O–H groups in total. The van der Waals surface area contributed by atoms with Crippen LogP contribution in [0.1, 0.15) is 15.9 Å². The minimum Gasteiger partial charge on any atom is -0.382 e. The standard InChI is InChI=1S/C14H19N3O3/c1-19-10-13(20-2)9-17-14(18)12-6-11(4-3-5-15)7-16-8-12/h6-8,13H,5,9-10,15H2,1-2H3,(H,17,18). The fourth-order valence-corrected chi connectivity index (χ4v) is 1.49. The molecule has 1 heterocycles. The molecule has 0 radical (unpaired) electrons. The smallest absolute Gasteiger partial charge is 0.252 e. The van der Waals surface area contributed by atoms with Gasteiger partial charge in [0.25, 0.3) is 5.91 Å². The predicted octanol–water partition coefficient (Wildman–Crippen LogP) is -0.217. The van der Waals surface area contributed by atoms with E-state index in [1.807, 2.05) is 0 Å². The van der Waals surface area contributed by atoms with Crippen LogP contribution in [0.25, 0.3) is 0 Å². The Hall–Kier alpha value is -1.94. The average molecular weight is 277 g/mol. The minimum absolute atomic E-state index is 0.183. The third-order valence-electron chi connectivity index (χ3n) is 2.51. The van der Waals surface area contributed by atoms with Crippen LogP contribution in [0.4, 0.5) is 0 Å². The Balaban J connectivity index is 2.63. The lowest BCUT2D eigenvalue weighted by Gasteiger charge is -2.14. The summed E-state index contributed by atoms with van der Waals surface area (Å²) in [5.74, 6) is 5.32. The fourth-order valence-electron chi connectivity index (χ4n) is 1.49. The first-order chi connectivity index (χ1) is 9.71. The maximum atomic E-state index is 12.0. The summed E-state index contributed by atoms with van der Waals surface area (Å²) in [5, 5.41) is 2.76. The molecule has 1 unspecified atom stereocenters. The first-order valence-electron chi connectivity index (χ1n) is 6.15. The van der Waals surface area contributed by atoms with E-state index in [9.17, 15) is 4.79 Å². The third-order valence-corrected chi connectivity index (χ3v) is 2.51. The van der Waals surface area contributed by atoms with Gasteiger partial charge in [0.05, 0.1) is 24.8 Å². The van der Waals surface area contributed by atoms with Crippen molar-refractivity contribution < 1.29 is 14.3 Å². The topological polar surface area (TPSA) is 86.5 Å². The highest BCUT2D eigenvalue weighted by molar-refractivity contribution is 5.94. The number of nitrogens with zero attached hydrogens (tertiary/aromatic N) is 1. The number of hydrogen-bond acceptors (Lipinski definition) is 5. The van der Waals surface area contributed by atoms with Crippen LogP contribution in [0.2, 0.25) is 0 Å². The normalized spacial score (nSPS) is 11.3. The number of nitrogens with two attached hydrogens (primary N) is 1. The molecule has 0 spiro atoms.